The molecule has 0 saturated carbocycles. The van der Waals surface area contributed by atoms with E-state index >= 15 is 0 Å². The highest BCUT2D eigenvalue weighted by Crippen LogP contribution is 2.30. The van der Waals surface area contributed by atoms with Crippen LogP contribution in [0.3, 0.4) is 0 Å². The number of nitriles is 1. The number of nitrogens with one attached hydrogen (secondary N) is 2. The van der Waals surface area contributed by atoms with Crippen LogP contribution in [0.25, 0.3) is 0 Å². The molecule has 0 saturated heterocycles. The fourth-order valence-electron chi connectivity index (χ4n) is 1.85. The van der Waals surface area contributed by atoms with E-state index in [4.69, 9.17) is 5.26 Å². The molecule has 2 aromatic rings. The first-order valence-corrected chi connectivity index (χ1v) is 6.07. The molecule has 2 rings (SSSR count). The average Bonchev–Trinajstić information content (AvgIpc) is 2.49. The van der Waals surface area contributed by atoms with Gasteiger partial charge in [0.1, 0.15) is 5.82 Å². The molecular formula is C15H15N5. The summed E-state index contributed by atoms with van der Waals surface area (Å²) < 4.78 is 0. The molecule has 100 valence electrons. The van der Waals surface area contributed by atoms with Gasteiger partial charge in [-0.15, -0.1) is 0 Å². The van der Waals surface area contributed by atoms with E-state index in [1.165, 1.54) is 0 Å². The summed E-state index contributed by atoms with van der Waals surface area (Å²) in [6, 6.07) is 11.6. The maximum absolute atomic E-state index is 8.54. The van der Waals surface area contributed by atoms with Crippen LogP contribution in [-0.4, -0.2) is 12.0 Å². The molecule has 0 aliphatic rings. The Kier molecular flexibility index (Phi) is 4.20. The number of nitrogens with zero attached hydrogens (tertiary/aromatic N) is 3. The maximum atomic E-state index is 8.54. The zero-order valence-corrected chi connectivity index (χ0v) is 11.2. The normalized spacial score (nSPS) is 9.40. The predicted octanol–water partition coefficient (Wildman–Crippen LogP) is 3.30. The standard InChI is InChI=1S/C15H15N5/c1-3-17-13-6-4-5-7-14(13)20(2)12-8-9-15(18-10-12)19-11-16/h3-10,17H,1H2,2H3,(H,18,19). The van der Waals surface area contributed by atoms with Crippen molar-refractivity contribution >= 4 is 22.9 Å². The lowest BCUT2D eigenvalue weighted by Crippen LogP contribution is -2.11. The smallest absolute Gasteiger partial charge is 0.182 e. The van der Waals surface area contributed by atoms with E-state index in [1.807, 2.05) is 48.5 Å². The third kappa shape index (κ3) is 2.87. The summed E-state index contributed by atoms with van der Waals surface area (Å²) in [6.07, 6.45) is 5.20. The van der Waals surface area contributed by atoms with Crippen molar-refractivity contribution in [3.8, 4) is 6.19 Å². The number of rotatable bonds is 5. The van der Waals surface area contributed by atoms with Gasteiger partial charge in [0.25, 0.3) is 0 Å². The van der Waals surface area contributed by atoms with Gasteiger partial charge in [0.15, 0.2) is 6.19 Å². The van der Waals surface area contributed by atoms with Crippen molar-refractivity contribution in [2.45, 2.75) is 0 Å². The Morgan fingerprint density at radius 2 is 2.10 bits per heavy atom. The maximum Gasteiger partial charge on any atom is 0.182 e. The van der Waals surface area contributed by atoms with Gasteiger partial charge in [-0.3, -0.25) is 5.32 Å². The van der Waals surface area contributed by atoms with E-state index in [-0.39, 0.29) is 0 Å². The third-order valence-corrected chi connectivity index (χ3v) is 2.84. The van der Waals surface area contributed by atoms with E-state index in [0.717, 1.165) is 17.1 Å². The van der Waals surface area contributed by atoms with Crippen LogP contribution in [0.15, 0.2) is 55.4 Å². The van der Waals surface area contributed by atoms with Crippen LogP contribution >= 0.6 is 0 Å². The second-order valence-corrected chi connectivity index (χ2v) is 4.06. The first kappa shape index (κ1) is 13.4. The van der Waals surface area contributed by atoms with Crippen molar-refractivity contribution in [3.63, 3.8) is 0 Å². The van der Waals surface area contributed by atoms with E-state index in [2.05, 4.69) is 22.2 Å². The number of pyridine rings is 1. The van der Waals surface area contributed by atoms with Gasteiger partial charge in [-0.2, -0.15) is 5.26 Å². The molecule has 0 amide bonds. The monoisotopic (exact) mass is 265 g/mol. The molecule has 5 heteroatoms. The zero-order valence-electron chi connectivity index (χ0n) is 11.2. The second kappa shape index (κ2) is 6.25. The molecule has 0 bridgehead atoms. The van der Waals surface area contributed by atoms with E-state index in [1.54, 1.807) is 18.5 Å². The second-order valence-electron chi connectivity index (χ2n) is 4.06. The lowest BCUT2D eigenvalue weighted by Gasteiger charge is -2.22. The molecule has 0 unspecified atom stereocenters. The Hall–Kier alpha value is -3.00. The van der Waals surface area contributed by atoms with E-state index in [9.17, 15) is 0 Å². The van der Waals surface area contributed by atoms with Gasteiger partial charge in [-0.05, 0) is 30.5 Å². The fraction of sp³-hybridized carbons (Fsp3) is 0.0667. The zero-order chi connectivity index (χ0) is 14.4. The summed E-state index contributed by atoms with van der Waals surface area (Å²) in [4.78, 5) is 6.18. The van der Waals surface area contributed by atoms with Crippen LogP contribution in [0, 0.1) is 11.5 Å². The van der Waals surface area contributed by atoms with Gasteiger partial charge in [-0.1, -0.05) is 18.7 Å². The van der Waals surface area contributed by atoms with Crippen LogP contribution in [0.4, 0.5) is 22.9 Å². The fourth-order valence-corrected chi connectivity index (χ4v) is 1.85. The minimum Gasteiger partial charge on any atom is -0.361 e. The predicted molar refractivity (Wildman–Crippen MR) is 81.8 cm³/mol. The van der Waals surface area contributed by atoms with Crippen molar-refractivity contribution in [3.05, 3.63) is 55.4 Å². The topological polar surface area (TPSA) is 64.0 Å². The van der Waals surface area contributed by atoms with Crippen molar-refractivity contribution < 1.29 is 0 Å². The summed E-state index contributed by atoms with van der Waals surface area (Å²) in [5.74, 6) is 0.530. The Morgan fingerprint density at radius 3 is 2.75 bits per heavy atom. The molecular weight excluding hydrogens is 250 g/mol. The van der Waals surface area contributed by atoms with Crippen molar-refractivity contribution in [1.82, 2.24) is 4.98 Å². The molecule has 1 aromatic heterocycles. The van der Waals surface area contributed by atoms with Crippen LogP contribution in [0.2, 0.25) is 0 Å². The molecule has 0 fully saturated rings. The van der Waals surface area contributed by atoms with Gasteiger partial charge in [0, 0.05) is 7.05 Å². The number of hydrogen-bond donors (Lipinski definition) is 2. The van der Waals surface area contributed by atoms with E-state index in [0.29, 0.717) is 5.82 Å². The van der Waals surface area contributed by atoms with Crippen LogP contribution in [0.1, 0.15) is 0 Å². The van der Waals surface area contributed by atoms with Crippen molar-refractivity contribution in [1.29, 1.82) is 5.26 Å². The van der Waals surface area contributed by atoms with E-state index < -0.39 is 0 Å². The highest BCUT2D eigenvalue weighted by atomic mass is 15.1. The quantitative estimate of drug-likeness (QED) is 0.641. The number of benzene rings is 1. The SMILES string of the molecule is C=CNc1ccccc1N(C)c1ccc(NC#N)nc1. The summed E-state index contributed by atoms with van der Waals surface area (Å²) in [5.41, 5.74) is 2.89. The number of anilines is 4. The van der Waals surface area contributed by atoms with Gasteiger partial charge >= 0.3 is 0 Å². The highest BCUT2D eigenvalue weighted by Gasteiger charge is 2.08. The molecule has 0 radical (unpaired) electrons. The Labute approximate surface area is 118 Å². The highest BCUT2D eigenvalue weighted by molar-refractivity contribution is 5.76. The minimum atomic E-state index is 0.530. The first-order valence-electron chi connectivity index (χ1n) is 6.07. The molecule has 1 aromatic carbocycles. The molecule has 0 aliphatic carbocycles. The summed E-state index contributed by atoms with van der Waals surface area (Å²) in [7, 11) is 1.96. The summed E-state index contributed by atoms with van der Waals surface area (Å²) in [5, 5.41) is 14.1. The van der Waals surface area contributed by atoms with Gasteiger partial charge in [0.05, 0.1) is 23.3 Å². The lowest BCUT2D eigenvalue weighted by atomic mass is 10.2. The Morgan fingerprint density at radius 1 is 1.30 bits per heavy atom. The Balaban J connectivity index is 2.29. The van der Waals surface area contributed by atoms with Crippen LogP contribution in [-0.2, 0) is 0 Å². The molecule has 0 atom stereocenters. The molecule has 0 spiro atoms. The molecule has 20 heavy (non-hydrogen) atoms. The van der Waals surface area contributed by atoms with Gasteiger partial charge in [-0.25, -0.2) is 4.98 Å². The van der Waals surface area contributed by atoms with Crippen LogP contribution in [0.5, 0.6) is 0 Å². The first-order chi connectivity index (χ1) is 9.76. The molecule has 2 N–H and O–H groups in total. The summed E-state index contributed by atoms with van der Waals surface area (Å²) >= 11 is 0. The van der Waals surface area contributed by atoms with Gasteiger partial charge < -0.3 is 10.2 Å². The van der Waals surface area contributed by atoms with Gasteiger partial charge in [0.2, 0.25) is 0 Å². The molecule has 1 heterocycles. The molecule has 5 nitrogen and oxygen atoms in total. The molecule has 0 aliphatic heterocycles. The number of para-hydroxylation sites is 2. The average molecular weight is 265 g/mol. The van der Waals surface area contributed by atoms with Crippen molar-refractivity contribution in [2.75, 3.05) is 22.6 Å². The Bertz CT molecular complexity index is 627. The van der Waals surface area contributed by atoms with Crippen LogP contribution < -0.4 is 15.5 Å². The lowest BCUT2D eigenvalue weighted by molar-refractivity contribution is 1.17. The number of hydrogen-bond acceptors (Lipinski definition) is 5. The number of aromatic nitrogens is 1. The minimum absolute atomic E-state index is 0.530. The third-order valence-electron chi connectivity index (χ3n) is 2.84. The summed E-state index contributed by atoms with van der Waals surface area (Å²) in [6.45, 7) is 3.68. The van der Waals surface area contributed by atoms with Crippen molar-refractivity contribution in [2.24, 2.45) is 0 Å². The largest absolute Gasteiger partial charge is 0.361 e.